The molecule has 124 valence electrons. The molecule has 21 heavy (non-hydrogen) atoms. The third-order valence-electron chi connectivity index (χ3n) is 4.27. The van der Waals surface area contributed by atoms with Gasteiger partial charge in [-0.3, -0.25) is 0 Å². The van der Waals surface area contributed by atoms with Crippen LogP contribution in [0.25, 0.3) is 0 Å². The van der Waals surface area contributed by atoms with Gasteiger partial charge in [-0.15, -0.1) is 0 Å². The van der Waals surface area contributed by atoms with Crippen molar-refractivity contribution in [3.63, 3.8) is 0 Å². The van der Waals surface area contributed by atoms with Gasteiger partial charge in [0.2, 0.25) is 0 Å². The second-order valence-corrected chi connectivity index (χ2v) is 6.17. The van der Waals surface area contributed by atoms with Gasteiger partial charge >= 0.3 is 0 Å². The van der Waals surface area contributed by atoms with Gasteiger partial charge in [-0.2, -0.15) is 0 Å². The van der Waals surface area contributed by atoms with Crippen LogP contribution in [0, 0.1) is 0 Å². The average molecular weight is 331 g/mol. The molecule has 0 N–H and O–H groups in total. The third kappa shape index (κ3) is 6.60. The summed E-state index contributed by atoms with van der Waals surface area (Å²) < 4.78 is 0. The minimum Gasteiger partial charge on any atom is -0.362 e. The number of unbranched alkanes of at least 4 members (excludes halogenated alkanes) is 2. The Hall–Kier alpha value is -0.220. The molecule has 0 aliphatic heterocycles. The van der Waals surface area contributed by atoms with Gasteiger partial charge in [0.15, 0.2) is 0 Å². The highest BCUT2D eigenvalue weighted by Gasteiger charge is 2.26. The topological polar surface area (TPSA) is 6.48 Å². The maximum absolute atomic E-state index is 5.88. The molecule has 1 unspecified atom stereocenters. The van der Waals surface area contributed by atoms with Crippen LogP contribution in [0.4, 0.5) is 0 Å². The lowest BCUT2D eigenvalue weighted by molar-refractivity contribution is 0.278. The fourth-order valence-corrected chi connectivity index (χ4v) is 3.73. The van der Waals surface area contributed by atoms with E-state index in [9.17, 15) is 0 Å². The molecular weight excluding hydrogens is 296 g/mol. The molecule has 0 aromatic rings. The van der Waals surface area contributed by atoms with Gasteiger partial charge in [0.05, 0.1) is 11.5 Å². The molecule has 0 aromatic carbocycles. The van der Waals surface area contributed by atoms with Crippen LogP contribution >= 0.6 is 24.4 Å². The second kappa shape index (κ2) is 12.3. The Morgan fingerprint density at radius 2 is 1.62 bits per heavy atom. The van der Waals surface area contributed by atoms with Crippen molar-refractivity contribution >= 4 is 34.9 Å². The number of thiocarbonyl (C=S) groups is 2. The molecule has 0 fully saturated rings. The Morgan fingerprint density at radius 1 is 1.00 bits per heavy atom. The lowest BCUT2D eigenvalue weighted by atomic mass is 10.0. The Balaban J connectivity index is 5.07. The van der Waals surface area contributed by atoms with Crippen molar-refractivity contribution in [3.8, 4) is 0 Å². The maximum atomic E-state index is 5.88. The second-order valence-electron chi connectivity index (χ2n) is 5.54. The van der Waals surface area contributed by atoms with E-state index in [1.165, 1.54) is 19.3 Å². The summed E-state index contributed by atoms with van der Waals surface area (Å²) in [4.78, 5) is 5.75. The standard InChI is InChI=1S/C17H34N2S2/c1-6-11-12-13-16(18(9-4)14-20)17(21)19(10-5)15(7-2)8-3/h14-16H,6-13H2,1-5H3. The summed E-state index contributed by atoms with van der Waals surface area (Å²) in [6.07, 6.45) is 7.15. The zero-order valence-electron chi connectivity index (χ0n) is 14.6. The SMILES string of the molecule is CCCCCC(C(=S)N(CC)C(CC)CC)N(C=S)CC. The summed E-state index contributed by atoms with van der Waals surface area (Å²) in [5.41, 5.74) is 1.80. The number of rotatable bonds is 12. The molecule has 0 aliphatic rings. The van der Waals surface area contributed by atoms with Crippen LogP contribution in [0.3, 0.4) is 0 Å². The van der Waals surface area contributed by atoms with Crippen LogP contribution in [0.1, 0.15) is 73.1 Å². The maximum Gasteiger partial charge on any atom is 0.101 e. The zero-order valence-corrected chi connectivity index (χ0v) is 16.2. The van der Waals surface area contributed by atoms with Gasteiger partial charge in [0, 0.05) is 19.1 Å². The molecule has 0 aliphatic carbocycles. The molecule has 0 saturated carbocycles. The first-order valence-electron chi connectivity index (χ1n) is 8.62. The molecule has 0 spiro atoms. The smallest absolute Gasteiger partial charge is 0.101 e. The lowest BCUT2D eigenvalue weighted by Gasteiger charge is -2.39. The summed E-state index contributed by atoms with van der Waals surface area (Å²) >= 11 is 11.1. The Labute approximate surface area is 143 Å². The van der Waals surface area contributed by atoms with Crippen LogP contribution in [-0.4, -0.2) is 45.5 Å². The largest absolute Gasteiger partial charge is 0.362 e. The van der Waals surface area contributed by atoms with Gasteiger partial charge in [-0.1, -0.05) is 64.5 Å². The van der Waals surface area contributed by atoms with Crippen molar-refractivity contribution in [2.75, 3.05) is 13.1 Å². The van der Waals surface area contributed by atoms with E-state index in [4.69, 9.17) is 24.4 Å². The van der Waals surface area contributed by atoms with Crippen molar-refractivity contribution in [2.24, 2.45) is 0 Å². The Bertz CT molecular complexity index is 291. The van der Waals surface area contributed by atoms with Gasteiger partial charge in [-0.25, -0.2) is 0 Å². The monoisotopic (exact) mass is 330 g/mol. The quantitative estimate of drug-likeness (QED) is 0.364. The van der Waals surface area contributed by atoms with Crippen molar-refractivity contribution < 1.29 is 0 Å². The summed E-state index contributed by atoms with van der Waals surface area (Å²) in [5.74, 6) is 0. The van der Waals surface area contributed by atoms with E-state index in [1.54, 1.807) is 5.49 Å². The molecule has 0 aromatic heterocycles. The summed E-state index contributed by atoms with van der Waals surface area (Å²) in [6, 6.07) is 0.842. The fraction of sp³-hybridized carbons (Fsp3) is 0.882. The highest BCUT2D eigenvalue weighted by atomic mass is 32.1. The van der Waals surface area contributed by atoms with E-state index in [1.807, 2.05) is 0 Å². The molecule has 0 saturated heterocycles. The van der Waals surface area contributed by atoms with E-state index < -0.39 is 0 Å². The van der Waals surface area contributed by atoms with E-state index in [0.29, 0.717) is 6.04 Å². The first kappa shape index (κ1) is 20.8. The molecular formula is C17H34N2S2. The summed E-state index contributed by atoms with van der Waals surface area (Å²) in [6.45, 7) is 13.0. The minimum absolute atomic E-state index is 0.287. The van der Waals surface area contributed by atoms with Crippen molar-refractivity contribution in [2.45, 2.75) is 85.2 Å². The summed E-state index contributed by atoms with van der Waals surface area (Å²) in [5, 5.41) is 0. The molecule has 0 bridgehead atoms. The van der Waals surface area contributed by atoms with Gasteiger partial charge in [0.1, 0.15) is 4.99 Å². The van der Waals surface area contributed by atoms with E-state index in [2.05, 4.69) is 44.4 Å². The summed E-state index contributed by atoms with van der Waals surface area (Å²) in [7, 11) is 0. The molecule has 4 heteroatoms. The predicted molar refractivity (Wildman–Crippen MR) is 103 cm³/mol. The molecule has 0 amide bonds. The van der Waals surface area contributed by atoms with E-state index in [-0.39, 0.29) is 6.04 Å². The Kier molecular flexibility index (Phi) is 12.2. The lowest BCUT2D eigenvalue weighted by Crippen LogP contribution is -2.50. The molecule has 2 nitrogen and oxygen atoms in total. The van der Waals surface area contributed by atoms with Crippen molar-refractivity contribution in [1.29, 1.82) is 0 Å². The van der Waals surface area contributed by atoms with E-state index in [0.717, 1.165) is 37.3 Å². The Morgan fingerprint density at radius 3 is 2.00 bits per heavy atom. The van der Waals surface area contributed by atoms with Crippen molar-refractivity contribution in [3.05, 3.63) is 0 Å². The van der Waals surface area contributed by atoms with Crippen LogP contribution in [0.5, 0.6) is 0 Å². The molecule has 1 atom stereocenters. The third-order valence-corrected chi connectivity index (χ3v) is 5.05. The predicted octanol–water partition coefficient (Wildman–Crippen LogP) is 5.05. The number of hydrogen-bond donors (Lipinski definition) is 0. The number of hydrogen-bond acceptors (Lipinski definition) is 2. The highest BCUT2D eigenvalue weighted by molar-refractivity contribution is 7.80. The van der Waals surface area contributed by atoms with Gasteiger partial charge in [0.25, 0.3) is 0 Å². The van der Waals surface area contributed by atoms with Gasteiger partial charge in [-0.05, 0) is 33.1 Å². The van der Waals surface area contributed by atoms with Crippen molar-refractivity contribution in [1.82, 2.24) is 9.80 Å². The average Bonchev–Trinajstić information content (AvgIpc) is 2.51. The zero-order chi connectivity index (χ0) is 16.3. The van der Waals surface area contributed by atoms with Crippen LogP contribution in [0.2, 0.25) is 0 Å². The van der Waals surface area contributed by atoms with Crippen LogP contribution < -0.4 is 0 Å². The van der Waals surface area contributed by atoms with Crippen LogP contribution in [0.15, 0.2) is 0 Å². The molecule has 0 rings (SSSR count). The molecule has 0 radical (unpaired) electrons. The minimum atomic E-state index is 0.287. The number of likely N-dealkylation sites (N-methyl/N-ethyl adjacent to an activating group) is 2. The fourth-order valence-electron chi connectivity index (χ4n) is 2.90. The number of nitrogens with zero attached hydrogens (tertiary/aromatic N) is 2. The van der Waals surface area contributed by atoms with Crippen LogP contribution in [-0.2, 0) is 0 Å². The van der Waals surface area contributed by atoms with Gasteiger partial charge < -0.3 is 9.80 Å². The molecule has 0 heterocycles. The highest BCUT2D eigenvalue weighted by Crippen LogP contribution is 2.18. The first-order valence-corrected chi connectivity index (χ1v) is 9.50. The first-order chi connectivity index (χ1) is 10.1. The van der Waals surface area contributed by atoms with E-state index >= 15 is 0 Å². The normalized spacial score (nSPS) is 12.3.